The minimum absolute atomic E-state index is 0.744. The lowest BCUT2D eigenvalue weighted by Crippen LogP contribution is -2.18. The van der Waals surface area contributed by atoms with E-state index >= 15 is 0 Å². The van der Waals surface area contributed by atoms with E-state index in [-0.39, 0.29) is 0 Å². The number of pyridine rings is 1. The number of rotatable bonds is 3. The van der Waals surface area contributed by atoms with Crippen molar-refractivity contribution in [2.75, 3.05) is 17.7 Å². The van der Waals surface area contributed by atoms with Crippen LogP contribution in [0, 0.1) is 6.92 Å². The van der Waals surface area contributed by atoms with Crippen LogP contribution in [0.15, 0.2) is 40.9 Å². The molecule has 0 aliphatic carbocycles. The van der Waals surface area contributed by atoms with Crippen LogP contribution >= 0.6 is 15.9 Å². The Kier molecular flexibility index (Phi) is 3.87. The normalized spacial score (nSPS) is 10.4. The molecule has 1 heterocycles. The summed E-state index contributed by atoms with van der Waals surface area (Å²) in [5.41, 5.74) is 9.87. The van der Waals surface area contributed by atoms with E-state index in [9.17, 15) is 0 Å². The first-order valence-corrected chi connectivity index (χ1v) is 6.54. The Labute approximate surface area is 116 Å². The first kappa shape index (κ1) is 12.9. The summed E-state index contributed by atoms with van der Waals surface area (Å²) in [5, 5.41) is 0. The zero-order valence-corrected chi connectivity index (χ0v) is 12.1. The highest BCUT2D eigenvalue weighted by molar-refractivity contribution is 9.10. The number of benzene rings is 1. The second kappa shape index (κ2) is 5.40. The summed E-state index contributed by atoms with van der Waals surface area (Å²) >= 11 is 3.41. The van der Waals surface area contributed by atoms with Gasteiger partial charge in [0.2, 0.25) is 0 Å². The van der Waals surface area contributed by atoms with Crippen LogP contribution in [0.5, 0.6) is 0 Å². The Morgan fingerprint density at radius 1 is 1.28 bits per heavy atom. The smallest absolute Gasteiger partial charge is 0.0601 e. The highest BCUT2D eigenvalue weighted by Crippen LogP contribution is 2.26. The second-order valence-corrected chi connectivity index (χ2v) is 5.25. The molecule has 0 atom stereocenters. The fourth-order valence-corrected chi connectivity index (χ4v) is 2.27. The Morgan fingerprint density at radius 3 is 2.72 bits per heavy atom. The summed E-state index contributed by atoms with van der Waals surface area (Å²) in [7, 11) is 2.02. The van der Waals surface area contributed by atoms with Crippen LogP contribution in [0.25, 0.3) is 0 Å². The zero-order chi connectivity index (χ0) is 13.1. The molecule has 0 aliphatic heterocycles. The molecule has 4 heteroatoms. The molecule has 0 unspecified atom stereocenters. The molecule has 0 radical (unpaired) electrons. The standard InChI is InChI=1S/C14H16BrN3/c1-10-4-3-5-12(17-10)9-18(2)14-7-6-11(15)8-13(14)16/h3-8H,9,16H2,1-2H3. The molecule has 18 heavy (non-hydrogen) atoms. The van der Waals surface area contributed by atoms with E-state index in [2.05, 4.69) is 25.8 Å². The van der Waals surface area contributed by atoms with Gasteiger partial charge in [0.05, 0.1) is 23.6 Å². The molecule has 0 spiro atoms. The van der Waals surface area contributed by atoms with E-state index in [0.29, 0.717) is 0 Å². The molecule has 0 amide bonds. The number of nitrogens with two attached hydrogens (primary N) is 1. The Morgan fingerprint density at radius 2 is 2.06 bits per heavy atom. The molecule has 0 aliphatic rings. The summed E-state index contributed by atoms with van der Waals surface area (Å²) in [6.07, 6.45) is 0. The highest BCUT2D eigenvalue weighted by Gasteiger charge is 2.07. The number of nitrogen functional groups attached to an aromatic ring is 1. The predicted octanol–water partition coefficient (Wildman–Crippen LogP) is 3.37. The summed E-state index contributed by atoms with van der Waals surface area (Å²) in [6, 6.07) is 12.0. The third-order valence-electron chi connectivity index (χ3n) is 2.75. The molecule has 2 rings (SSSR count). The van der Waals surface area contributed by atoms with Crippen molar-refractivity contribution in [3.8, 4) is 0 Å². The third-order valence-corrected chi connectivity index (χ3v) is 3.24. The van der Waals surface area contributed by atoms with E-state index in [1.165, 1.54) is 0 Å². The lowest BCUT2D eigenvalue weighted by Gasteiger charge is -2.21. The molecular weight excluding hydrogens is 290 g/mol. The van der Waals surface area contributed by atoms with Crippen LogP contribution in [-0.2, 0) is 6.54 Å². The van der Waals surface area contributed by atoms with Crippen molar-refractivity contribution in [2.24, 2.45) is 0 Å². The zero-order valence-electron chi connectivity index (χ0n) is 10.5. The van der Waals surface area contributed by atoms with Gasteiger partial charge >= 0.3 is 0 Å². The minimum Gasteiger partial charge on any atom is -0.397 e. The number of anilines is 2. The van der Waals surface area contributed by atoms with Gasteiger partial charge in [0.25, 0.3) is 0 Å². The number of halogens is 1. The number of hydrogen-bond acceptors (Lipinski definition) is 3. The van der Waals surface area contributed by atoms with Crippen molar-refractivity contribution in [1.29, 1.82) is 0 Å². The second-order valence-electron chi connectivity index (χ2n) is 4.33. The highest BCUT2D eigenvalue weighted by atomic mass is 79.9. The van der Waals surface area contributed by atoms with Gasteiger partial charge in [-0.25, -0.2) is 0 Å². The monoisotopic (exact) mass is 305 g/mol. The maximum atomic E-state index is 6.01. The first-order chi connectivity index (χ1) is 8.56. The topological polar surface area (TPSA) is 42.1 Å². The number of nitrogens with zero attached hydrogens (tertiary/aromatic N) is 2. The molecule has 0 saturated heterocycles. The van der Waals surface area contributed by atoms with Gasteiger partial charge in [-0.15, -0.1) is 0 Å². The van der Waals surface area contributed by atoms with Crippen molar-refractivity contribution in [1.82, 2.24) is 4.98 Å². The maximum absolute atomic E-state index is 6.01. The summed E-state index contributed by atoms with van der Waals surface area (Å²) in [4.78, 5) is 6.59. The minimum atomic E-state index is 0.744. The fraction of sp³-hybridized carbons (Fsp3) is 0.214. The number of hydrogen-bond donors (Lipinski definition) is 1. The van der Waals surface area contributed by atoms with Crippen LogP contribution in [0.3, 0.4) is 0 Å². The van der Waals surface area contributed by atoms with Gasteiger partial charge in [-0.2, -0.15) is 0 Å². The van der Waals surface area contributed by atoms with Gasteiger partial charge in [-0.3, -0.25) is 4.98 Å². The predicted molar refractivity (Wildman–Crippen MR) is 79.6 cm³/mol. The Balaban J connectivity index is 2.19. The first-order valence-electron chi connectivity index (χ1n) is 5.75. The van der Waals surface area contributed by atoms with Crippen LogP contribution in [0.4, 0.5) is 11.4 Å². The molecule has 3 nitrogen and oxygen atoms in total. The summed E-state index contributed by atoms with van der Waals surface area (Å²) in [5.74, 6) is 0. The lowest BCUT2D eigenvalue weighted by molar-refractivity contribution is 0.878. The van der Waals surface area contributed by atoms with Gasteiger partial charge in [-0.1, -0.05) is 22.0 Å². The molecular formula is C14H16BrN3. The van der Waals surface area contributed by atoms with E-state index in [4.69, 9.17) is 5.73 Å². The average molecular weight is 306 g/mol. The van der Waals surface area contributed by atoms with E-state index in [1.807, 2.05) is 50.4 Å². The van der Waals surface area contributed by atoms with Gasteiger partial charge in [0, 0.05) is 17.2 Å². The fourth-order valence-electron chi connectivity index (χ4n) is 1.89. The van der Waals surface area contributed by atoms with E-state index in [1.54, 1.807) is 0 Å². The van der Waals surface area contributed by atoms with E-state index in [0.717, 1.165) is 33.8 Å². The quantitative estimate of drug-likeness (QED) is 0.884. The van der Waals surface area contributed by atoms with Gasteiger partial charge in [-0.05, 0) is 37.3 Å². The van der Waals surface area contributed by atoms with Crippen molar-refractivity contribution < 1.29 is 0 Å². The third kappa shape index (κ3) is 3.01. The largest absolute Gasteiger partial charge is 0.397 e. The number of aryl methyl sites for hydroxylation is 1. The summed E-state index contributed by atoms with van der Waals surface area (Å²) in [6.45, 7) is 2.74. The van der Waals surface area contributed by atoms with E-state index < -0.39 is 0 Å². The SMILES string of the molecule is Cc1cccc(CN(C)c2ccc(Br)cc2N)n1. The molecule has 0 fully saturated rings. The molecule has 1 aromatic heterocycles. The average Bonchev–Trinajstić information content (AvgIpc) is 2.28. The van der Waals surface area contributed by atoms with Crippen LogP contribution < -0.4 is 10.6 Å². The lowest BCUT2D eigenvalue weighted by atomic mass is 10.2. The summed E-state index contributed by atoms with van der Waals surface area (Å²) < 4.78 is 0.992. The van der Waals surface area contributed by atoms with Gasteiger partial charge in [0.15, 0.2) is 0 Å². The molecule has 2 N–H and O–H groups in total. The maximum Gasteiger partial charge on any atom is 0.0601 e. The van der Waals surface area contributed by atoms with Crippen LogP contribution in [0.1, 0.15) is 11.4 Å². The van der Waals surface area contributed by atoms with Crippen molar-refractivity contribution in [2.45, 2.75) is 13.5 Å². The molecule has 2 aromatic rings. The van der Waals surface area contributed by atoms with Gasteiger partial charge in [0.1, 0.15) is 0 Å². The van der Waals surface area contributed by atoms with Crippen LogP contribution in [-0.4, -0.2) is 12.0 Å². The Bertz CT molecular complexity index is 554. The van der Waals surface area contributed by atoms with Crippen molar-refractivity contribution in [3.63, 3.8) is 0 Å². The van der Waals surface area contributed by atoms with Crippen LogP contribution in [0.2, 0.25) is 0 Å². The number of aromatic nitrogens is 1. The Hall–Kier alpha value is -1.55. The van der Waals surface area contributed by atoms with Crippen molar-refractivity contribution in [3.05, 3.63) is 52.3 Å². The molecule has 94 valence electrons. The van der Waals surface area contributed by atoms with Gasteiger partial charge < -0.3 is 10.6 Å². The molecule has 1 aromatic carbocycles. The van der Waals surface area contributed by atoms with Crippen molar-refractivity contribution >= 4 is 27.3 Å². The molecule has 0 saturated carbocycles. The molecule has 0 bridgehead atoms.